The van der Waals surface area contributed by atoms with E-state index < -0.39 is 0 Å². The number of morpholine rings is 1. The summed E-state index contributed by atoms with van der Waals surface area (Å²) in [6, 6.07) is 15.7. The lowest BCUT2D eigenvalue weighted by atomic mass is 10.1. The van der Waals surface area contributed by atoms with Crippen LogP contribution in [-0.4, -0.2) is 38.8 Å². The van der Waals surface area contributed by atoms with Crippen molar-refractivity contribution in [1.82, 2.24) is 5.32 Å². The van der Waals surface area contributed by atoms with Gasteiger partial charge in [0, 0.05) is 31.8 Å². The van der Waals surface area contributed by atoms with E-state index >= 15 is 0 Å². The largest absolute Gasteiger partial charge is 0.441 e. The highest BCUT2D eigenvalue weighted by atomic mass is 16.5. The highest BCUT2D eigenvalue weighted by molar-refractivity contribution is 6.01. The minimum Gasteiger partial charge on any atom is -0.441 e. The number of furan rings is 1. The van der Waals surface area contributed by atoms with Crippen molar-refractivity contribution in [3.63, 3.8) is 0 Å². The van der Waals surface area contributed by atoms with E-state index in [1.807, 2.05) is 30.3 Å². The number of nitrogens with zero attached hydrogens (tertiary/aromatic N) is 2. The average Bonchev–Trinajstić information content (AvgIpc) is 3.19. The fourth-order valence-electron chi connectivity index (χ4n) is 2.90. The summed E-state index contributed by atoms with van der Waals surface area (Å²) in [4.78, 5) is 14.3. The van der Waals surface area contributed by atoms with Crippen molar-refractivity contribution in [1.29, 1.82) is 5.26 Å². The van der Waals surface area contributed by atoms with Gasteiger partial charge in [-0.25, -0.2) is 0 Å². The molecule has 6 heteroatoms. The molecule has 0 unspecified atom stereocenters. The molecule has 1 fully saturated rings. The number of benzene rings is 1. The van der Waals surface area contributed by atoms with E-state index in [1.54, 1.807) is 6.07 Å². The van der Waals surface area contributed by atoms with Crippen LogP contribution in [0.5, 0.6) is 0 Å². The average molecular weight is 365 g/mol. The van der Waals surface area contributed by atoms with E-state index in [1.165, 1.54) is 11.6 Å². The van der Waals surface area contributed by atoms with Crippen molar-refractivity contribution in [3.8, 4) is 6.07 Å². The third-order valence-corrected chi connectivity index (χ3v) is 4.36. The molecule has 0 aliphatic carbocycles. The summed E-state index contributed by atoms with van der Waals surface area (Å²) in [6.45, 7) is 3.39. The van der Waals surface area contributed by atoms with Crippen LogP contribution in [0.25, 0.3) is 6.08 Å². The van der Waals surface area contributed by atoms with E-state index in [0.29, 0.717) is 25.5 Å². The van der Waals surface area contributed by atoms with E-state index in [0.717, 1.165) is 31.8 Å². The molecule has 2 heterocycles. The standard InChI is InChI=1S/C21H23N3O3/c22-16-18(21(25)23-10-4-7-17-5-2-1-3-6-17)15-19-8-9-20(27-19)24-11-13-26-14-12-24/h1-3,5-6,8-9,15H,4,7,10-14H2,(H,23,25)/b18-15-. The second kappa shape index (κ2) is 9.60. The number of nitrogens with one attached hydrogen (secondary N) is 1. The summed E-state index contributed by atoms with van der Waals surface area (Å²) in [5.74, 6) is 0.840. The number of rotatable bonds is 7. The zero-order chi connectivity index (χ0) is 18.9. The smallest absolute Gasteiger partial charge is 0.262 e. The highest BCUT2D eigenvalue weighted by Gasteiger charge is 2.15. The van der Waals surface area contributed by atoms with Gasteiger partial charge in [-0.1, -0.05) is 30.3 Å². The van der Waals surface area contributed by atoms with E-state index in [9.17, 15) is 10.1 Å². The summed E-state index contributed by atoms with van der Waals surface area (Å²) in [6.07, 6.45) is 3.18. The number of hydrogen-bond donors (Lipinski definition) is 1. The lowest BCUT2D eigenvalue weighted by molar-refractivity contribution is -0.117. The number of amides is 1. The molecule has 1 aliphatic rings. The normalized spacial score (nSPS) is 14.6. The topological polar surface area (TPSA) is 78.5 Å². The number of aryl methyl sites for hydroxylation is 1. The van der Waals surface area contributed by atoms with Gasteiger partial charge < -0.3 is 19.4 Å². The molecule has 1 aromatic carbocycles. The number of hydrogen-bond acceptors (Lipinski definition) is 5. The lowest BCUT2D eigenvalue weighted by Gasteiger charge is -2.26. The SMILES string of the molecule is N#C/C(=C/c1ccc(N2CCOCC2)o1)C(=O)NCCCc1ccccc1. The van der Waals surface area contributed by atoms with Crippen LogP contribution in [0.3, 0.4) is 0 Å². The van der Waals surface area contributed by atoms with Crippen molar-refractivity contribution >= 4 is 17.9 Å². The second-order valence-electron chi connectivity index (χ2n) is 6.29. The van der Waals surface area contributed by atoms with Gasteiger partial charge in [-0.05, 0) is 24.5 Å². The van der Waals surface area contributed by atoms with Gasteiger partial charge in [0.15, 0.2) is 5.88 Å². The van der Waals surface area contributed by atoms with Crippen LogP contribution in [-0.2, 0) is 16.0 Å². The molecule has 0 atom stereocenters. The summed E-state index contributed by atoms with van der Waals surface area (Å²) in [5.41, 5.74) is 1.27. The number of ether oxygens (including phenoxy) is 1. The molecule has 0 radical (unpaired) electrons. The fraction of sp³-hybridized carbons (Fsp3) is 0.333. The van der Waals surface area contributed by atoms with Crippen molar-refractivity contribution in [3.05, 3.63) is 59.4 Å². The molecule has 0 saturated carbocycles. The first-order chi connectivity index (χ1) is 13.3. The first-order valence-electron chi connectivity index (χ1n) is 9.13. The van der Waals surface area contributed by atoms with Gasteiger partial charge >= 0.3 is 0 Å². The van der Waals surface area contributed by atoms with Crippen LogP contribution in [0.15, 0.2) is 52.5 Å². The third-order valence-electron chi connectivity index (χ3n) is 4.36. The highest BCUT2D eigenvalue weighted by Crippen LogP contribution is 2.21. The summed E-state index contributed by atoms with van der Waals surface area (Å²) >= 11 is 0. The molecule has 1 aliphatic heterocycles. The maximum absolute atomic E-state index is 12.2. The molecule has 2 aromatic rings. The molecule has 3 rings (SSSR count). The number of anilines is 1. The summed E-state index contributed by atoms with van der Waals surface area (Å²) < 4.78 is 11.1. The van der Waals surface area contributed by atoms with Gasteiger partial charge in [0.05, 0.1) is 13.2 Å². The Labute approximate surface area is 159 Å². The third kappa shape index (κ3) is 5.47. The Balaban J connectivity index is 1.52. The van der Waals surface area contributed by atoms with E-state index in [4.69, 9.17) is 9.15 Å². The van der Waals surface area contributed by atoms with E-state index in [2.05, 4.69) is 22.3 Å². The first kappa shape index (κ1) is 18.7. The molecule has 0 spiro atoms. The summed E-state index contributed by atoms with van der Waals surface area (Å²) in [5, 5.41) is 12.1. The molecule has 1 saturated heterocycles. The van der Waals surface area contributed by atoms with Crippen LogP contribution in [0.1, 0.15) is 17.7 Å². The van der Waals surface area contributed by atoms with Crippen molar-refractivity contribution < 1.29 is 13.9 Å². The summed E-state index contributed by atoms with van der Waals surface area (Å²) in [7, 11) is 0. The first-order valence-corrected chi connectivity index (χ1v) is 9.13. The Morgan fingerprint density at radius 1 is 1.19 bits per heavy atom. The molecular weight excluding hydrogens is 342 g/mol. The quantitative estimate of drug-likeness (QED) is 0.464. The second-order valence-corrected chi connectivity index (χ2v) is 6.29. The molecule has 27 heavy (non-hydrogen) atoms. The Hall–Kier alpha value is -3.04. The number of nitriles is 1. The Kier molecular flexibility index (Phi) is 6.66. The molecule has 140 valence electrons. The van der Waals surface area contributed by atoms with Crippen LogP contribution in [0.2, 0.25) is 0 Å². The molecular formula is C21H23N3O3. The van der Waals surface area contributed by atoms with Crippen molar-refractivity contribution in [2.75, 3.05) is 37.7 Å². The van der Waals surface area contributed by atoms with Crippen LogP contribution >= 0.6 is 0 Å². The van der Waals surface area contributed by atoms with Gasteiger partial charge in [-0.3, -0.25) is 4.79 Å². The zero-order valence-electron chi connectivity index (χ0n) is 15.2. The number of carbonyl (C=O) groups is 1. The Morgan fingerprint density at radius 3 is 2.70 bits per heavy atom. The molecule has 6 nitrogen and oxygen atoms in total. The molecule has 1 amide bonds. The van der Waals surface area contributed by atoms with Crippen LogP contribution in [0.4, 0.5) is 5.88 Å². The number of carbonyl (C=O) groups excluding carboxylic acids is 1. The monoisotopic (exact) mass is 365 g/mol. The maximum Gasteiger partial charge on any atom is 0.262 e. The minimum atomic E-state index is -0.380. The molecule has 1 aromatic heterocycles. The minimum absolute atomic E-state index is 0.0394. The van der Waals surface area contributed by atoms with Gasteiger partial charge in [-0.2, -0.15) is 5.26 Å². The van der Waals surface area contributed by atoms with Crippen LogP contribution in [0, 0.1) is 11.3 Å². The Morgan fingerprint density at radius 2 is 1.96 bits per heavy atom. The Bertz CT molecular complexity index is 815. The predicted molar refractivity (Wildman–Crippen MR) is 103 cm³/mol. The van der Waals surface area contributed by atoms with Gasteiger partial charge in [0.25, 0.3) is 5.91 Å². The van der Waals surface area contributed by atoms with E-state index in [-0.39, 0.29) is 11.5 Å². The maximum atomic E-state index is 12.2. The predicted octanol–water partition coefficient (Wildman–Crippen LogP) is 2.77. The van der Waals surface area contributed by atoms with Gasteiger partial charge in [0.2, 0.25) is 0 Å². The fourth-order valence-corrected chi connectivity index (χ4v) is 2.90. The van der Waals surface area contributed by atoms with Crippen LogP contribution < -0.4 is 10.2 Å². The molecule has 0 bridgehead atoms. The zero-order valence-corrected chi connectivity index (χ0v) is 15.2. The van der Waals surface area contributed by atoms with Gasteiger partial charge in [-0.15, -0.1) is 0 Å². The van der Waals surface area contributed by atoms with Crippen molar-refractivity contribution in [2.24, 2.45) is 0 Å². The lowest BCUT2D eigenvalue weighted by Crippen LogP contribution is -2.35. The molecule has 1 N–H and O–H groups in total. The van der Waals surface area contributed by atoms with Gasteiger partial charge in [0.1, 0.15) is 17.4 Å². The van der Waals surface area contributed by atoms with Crippen molar-refractivity contribution in [2.45, 2.75) is 12.8 Å².